The van der Waals surface area contributed by atoms with Crippen molar-refractivity contribution >= 4 is 17.6 Å². The fraction of sp³-hybridized carbons (Fsp3) is 0.167. The lowest BCUT2D eigenvalue weighted by molar-refractivity contribution is 0.0946. The summed E-state index contributed by atoms with van der Waals surface area (Å²) in [5, 5.41) is 2.82. The molecule has 1 N–H and O–H groups in total. The Hall–Kier alpha value is -2.57. The summed E-state index contributed by atoms with van der Waals surface area (Å²) in [7, 11) is 0. The lowest BCUT2D eigenvalue weighted by atomic mass is 10.1. The van der Waals surface area contributed by atoms with E-state index in [0.29, 0.717) is 25.5 Å². The molecule has 1 heterocycles. The van der Waals surface area contributed by atoms with Gasteiger partial charge in [-0.1, -0.05) is 54.6 Å². The van der Waals surface area contributed by atoms with Gasteiger partial charge in [-0.25, -0.2) is 0 Å². The second-order valence-electron chi connectivity index (χ2n) is 5.27. The van der Waals surface area contributed by atoms with Crippen LogP contribution in [0.5, 0.6) is 0 Å². The Labute approximate surface area is 144 Å². The lowest BCUT2D eigenvalue weighted by Gasteiger charge is -2.07. The molecule has 3 aromatic rings. The zero-order chi connectivity index (χ0) is 16.6. The minimum Gasteiger partial charge on any atom is -0.372 e. The van der Waals surface area contributed by atoms with Gasteiger partial charge in [-0.15, -0.1) is 0 Å². The van der Waals surface area contributed by atoms with Crippen LogP contribution in [0.3, 0.4) is 0 Å². The third-order valence-corrected chi connectivity index (χ3v) is 3.93. The van der Waals surface area contributed by atoms with Crippen molar-refractivity contribution in [2.24, 2.45) is 0 Å². The van der Waals surface area contributed by atoms with Crippen molar-refractivity contribution in [2.75, 3.05) is 0 Å². The molecule has 24 heavy (non-hydrogen) atoms. The molecular weight excluding hydrogens is 322 g/mol. The molecular formula is C18H17N3O2S. The van der Waals surface area contributed by atoms with Crippen molar-refractivity contribution in [2.45, 2.75) is 19.8 Å². The number of benzene rings is 2. The summed E-state index contributed by atoms with van der Waals surface area (Å²) >= 11 is 1.02. The summed E-state index contributed by atoms with van der Waals surface area (Å²) in [4.78, 5) is 11.8. The van der Waals surface area contributed by atoms with Gasteiger partial charge in [0.05, 0.1) is 31.1 Å². The van der Waals surface area contributed by atoms with Gasteiger partial charge in [0.25, 0.3) is 5.91 Å². The van der Waals surface area contributed by atoms with Crippen LogP contribution in [0.25, 0.3) is 0 Å². The molecule has 0 aliphatic heterocycles. The number of hydrogen-bond acceptors (Lipinski definition) is 5. The van der Waals surface area contributed by atoms with Gasteiger partial charge in [-0.05, 0) is 16.7 Å². The van der Waals surface area contributed by atoms with Crippen LogP contribution in [0.4, 0.5) is 0 Å². The van der Waals surface area contributed by atoms with E-state index in [0.717, 1.165) is 28.4 Å². The molecule has 5 nitrogen and oxygen atoms in total. The number of amides is 1. The number of ether oxygens (including phenoxy) is 1. The molecule has 0 spiro atoms. The number of rotatable bonds is 7. The summed E-state index contributed by atoms with van der Waals surface area (Å²) in [6.45, 7) is 1.62. The smallest absolute Gasteiger partial charge is 0.272 e. The maximum Gasteiger partial charge on any atom is 0.272 e. The molecule has 0 aliphatic carbocycles. The second kappa shape index (κ2) is 8.33. The van der Waals surface area contributed by atoms with E-state index < -0.39 is 0 Å². The molecule has 0 fully saturated rings. The number of carbonyl (C=O) groups is 1. The van der Waals surface area contributed by atoms with Gasteiger partial charge in [0.1, 0.15) is 0 Å². The molecule has 0 unspecified atom stereocenters. The minimum absolute atomic E-state index is 0.209. The first kappa shape index (κ1) is 16.3. The molecule has 0 radical (unpaired) electrons. The second-order valence-corrected chi connectivity index (χ2v) is 5.83. The van der Waals surface area contributed by atoms with Gasteiger partial charge in [-0.3, -0.25) is 4.79 Å². The van der Waals surface area contributed by atoms with E-state index >= 15 is 0 Å². The van der Waals surface area contributed by atoms with Crippen molar-refractivity contribution in [3.8, 4) is 0 Å². The molecule has 0 saturated heterocycles. The van der Waals surface area contributed by atoms with E-state index in [4.69, 9.17) is 4.74 Å². The van der Waals surface area contributed by atoms with E-state index in [-0.39, 0.29) is 5.91 Å². The average Bonchev–Trinajstić information content (AvgIpc) is 3.16. The first-order chi connectivity index (χ1) is 11.8. The number of hydrogen-bond donors (Lipinski definition) is 1. The quantitative estimate of drug-likeness (QED) is 0.718. The van der Waals surface area contributed by atoms with Gasteiger partial charge < -0.3 is 10.1 Å². The summed E-state index contributed by atoms with van der Waals surface area (Å²) in [6, 6.07) is 18.1. The van der Waals surface area contributed by atoms with Crippen LogP contribution in [0.1, 0.15) is 27.2 Å². The number of nitrogens with zero attached hydrogens (tertiary/aromatic N) is 2. The molecule has 122 valence electrons. The van der Waals surface area contributed by atoms with Gasteiger partial charge in [0, 0.05) is 6.54 Å². The molecule has 0 aliphatic rings. The van der Waals surface area contributed by atoms with Gasteiger partial charge in [0.15, 0.2) is 5.69 Å². The SMILES string of the molecule is O=C(NCc1ccc(COCc2ccccc2)cc1)c1cnsn1. The Kier molecular flexibility index (Phi) is 5.65. The Morgan fingerprint density at radius 1 is 0.958 bits per heavy atom. The molecule has 0 atom stereocenters. The summed E-state index contributed by atoms with van der Waals surface area (Å²) in [5.41, 5.74) is 3.64. The molecule has 1 aromatic heterocycles. The van der Waals surface area contributed by atoms with Crippen molar-refractivity contribution in [3.63, 3.8) is 0 Å². The predicted octanol–water partition coefficient (Wildman–Crippen LogP) is 3.18. The zero-order valence-corrected chi connectivity index (χ0v) is 13.8. The average molecular weight is 339 g/mol. The number of carbonyl (C=O) groups excluding carboxylic acids is 1. The highest BCUT2D eigenvalue weighted by Crippen LogP contribution is 2.08. The first-order valence-corrected chi connectivity index (χ1v) is 8.29. The van der Waals surface area contributed by atoms with E-state index in [1.165, 1.54) is 6.20 Å². The summed E-state index contributed by atoms with van der Waals surface area (Å²) in [6.07, 6.45) is 1.47. The standard InChI is InChI=1S/C18H17N3O2S/c22-18(17-11-20-24-21-17)19-10-14-6-8-16(9-7-14)13-23-12-15-4-2-1-3-5-15/h1-9,11H,10,12-13H2,(H,19,22). The van der Waals surface area contributed by atoms with Crippen molar-refractivity contribution < 1.29 is 9.53 Å². The van der Waals surface area contributed by atoms with Crippen LogP contribution in [0, 0.1) is 0 Å². The van der Waals surface area contributed by atoms with Crippen LogP contribution >= 0.6 is 11.7 Å². The molecule has 0 bridgehead atoms. The normalized spacial score (nSPS) is 10.5. The van der Waals surface area contributed by atoms with Crippen LogP contribution < -0.4 is 5.32 Å². The highest BCUT2D eigenvalue weighted by molar-refractivity contribution is 6.99. The Balaban J connectivity index is 1.44. The van der Waals surface area contributed by atoms with E-state index in [9.17, 15) is 4.79 Å². The monoisotopic (exact) mass is 339 g/mol. The third-order valence-electron chi connectivity index (χ3n) is 3.45. The summed E-state index contributed by atoms with van der Waals surface area (Å²) < 4.78 is 13.4. The van der Waals surface area contributed by atoms with Crippen molar-refractivity contribution in [1.82, 2.24) is 14.1 Å². The lowest BCUT2D eigenvalue weighted by Crippen LogP contribution is -2.22. The number of aromatic nitrogens is 2. The Morgan fingerprint density at radius 2 is 1.62 bits per heavy atom. The van der Waals surface area contributed by atoms with Gasteiger partial charge >= 0.3 is 0 Å². The van der Waals surface area contributed by atoms with E-state index in [1.807, 2.05) is 54.6 Å². The fourth-order valence-corrected chi connectivity index (χ4v) is 2.56. The maximum atomic E-state index is 11.8. The van der Waals surface area contributed by atoms with Crippen molar-refractivity contribution in [1.29, 1.82) is 0 Å². The predicted molar refractivity (Wildman–Crippen MR) is 92.5 cm³/mol. The van der Waals surface area contributed by atoms with Crippen LogP contribution in [0.15, 0.2) is 60.8 Å². The molecule has 6 heteroatoms. The van der Waals surface area contributed by atoms with E-state index in [1.54, 1.807) is 0 Å². The first-order valence-electron chi connectivity index (χ1n) is 7.56. The van der Waals surface area contributed by atoms with Gasteiger partial charge in [-0.2, -0.15) is 8.75 Å². The van der Waals surface area contributed by atoms with Crippen molar-refractivity contribution in [3.05, 3.63) is 83.2 Å². The van der Waals surface area contributed by atoms with Crippen LogP contribution in [0.2, 0.25) is 0 Å². The van der Waals surface area contributed by atoms with Crippen LogP contribution in [-0.4, -0.2) is 14.7 Å². The van der Waals surface area contributed by atoms with E-state index in [2.05, 4.69) is 14.1 Å². The largest absolute Gasteiger partial charge is 0.372 e. The van der Waals surface area contributed by atoms with Gasteiger partial charge in [0.2, 0.25) is 0 Å². The molecule has 1 amide bonds. The Morgan fingerprint density at radius 3 is 2.29 bits per heavy atom. The summed E-state index contributed by atoms with van der Waals surface area (Å²) in [5.74, 6) is -0.209. The highest BCUT2D eigenvalue weighted by atomic mass is 32.1. The molecule has 2 aromatic carbocycles. The number of nitrogens with one attached hydrogen (secondary N) is 1. The Bertz CT molecular complexity index is 759. The zero-order valence-electron chi connectivity index (χ0n) is 13.0. The minimum atomic E-state index is -0.209. The third kappa shape index (κ3) is 4.71. The fourth-order valence-electron chi connectivity index (χ4n) is 2.15. The van der Waals surface area contributed by atoms with Crippen LogP contribution in [-0.2, 0) is 24.5 Å². The maximum absolute atomic E-state index is 11.8. The molecule has 0 saturated carbocycles. The molecule has 3 rings (SSSR count). The highest BCUT2D eigenvalue weighted by Gasteiger charge is 2.07. The topological polar surface area (TPSA) is 64.1 Å².